The normalized spacial score (nSPS) is 11.1. The van der Waals surface area contributed by atoms with Gasteiger partial charge in [0.2, 0.25) is 11.8 Å². The van der Waals surface area contributed by atoms with Crippen molar-refractivity contribution in [3.05, 3.63) is 53.5 Å². The monoisotopic (exact) mass is 482 g/mol. The fourth-order valence-corrected chi connectivity index (χ4v) is 2.29. The summed E-state index contributed by atoms with van der Waals surface area (Å²) in [6.07, 6.45) is 1.63. The van der Waals surface area contributed by atoms with Crippen molar-refractivity contribution in [2.24, 2.45) is 4.99 Å². The van der Waals surface area contributed by atoms with Crippen LogP contribution in [0.5, 0.6) is 0 Å². The predicted molar refractivity (Wildman–Crippen MR) is 113 cm³/mol. The van der Waals surface area contributed by atoms with Crippen molar-refractivity contribution in [2.75, 3.05) is 6.54 Å². The molecular formula is C18H23IN6O2. The standard InChI is InChI=1S/C18H22N6O2.HI/c1-4-19-18(21-10-16-22-13(3)26-24-16)20-9-15-11-25-17(23-15)14-7-5-12(2)6-8-14;/h5-8,11H,4,9-10H2,1-3H3,(H2,19,20,21);1H. The lowest BCUT2D eigenvalue weighted by atomic mass is 10.1. The van der Waals surface area contributed by atoms with Gasteiger partial charge in [0.05, 0.1) is 13.1 Å². The van der Waals surface area contributed by atoms with Crippen LogP contribution in [0.25, 0.3) is 11.5 Å². The molecule has 3 rings (SSSR count). The van der Waals surface area contributed by atoms with Crippen LogP contribution < -0.4 is 10.6 Å². The first-order chi connectivity index (χ1) is 12.6. The Balaban J connectivity index is 0.00000261. The fraction of sp³-hybridized carbons (Fsp3) is 0.333. The second-order valence-electron chi connectivity index (χ2n) is 5.79. The Morgan fingerprint density at radius 2 is 1.89 bits per heavy atom. The van der Waals surface area contributed by atoms with E-state index >= 15 is 0 Å². The SMILES string of the molecule is CCNC(=NCc1coc(-c2ccc(C)cc2)n1)NCc1noc(C)n1.I. The molecule has 0 aliphatic heterocycles. The highest BCUT2D eigenvalue weighted by Gasteiger charge is 2.07. The van der Waals surface area contributed by atoms with Gasteiger partial charge in [-0.3, -0.25) is 0 Å². The number of nitrogens with one attached hydrogen (secondary N) is 2. The molecule has 0 atom stereocenters. The zero-order chi connectivity index (χ0) is 18.4. The highest BCUT2D eigenvalue weighted by molar-refractivity contribution is 14.0. The highest BCUT2D eigenvalue weighted by atomic mass is 127. The number of aryl methyl sites for hydroxylation is 2. The third-order valence-corrected chi connectivity index (χ3v) is 3.58. The Morgan fingerprint density at radius 1 is 1.11 bits per heavy atom. The van der Waals surface area contributed by atoms with Gasteiger partial charge in [-0.1, -0.05) is 22.9 Å². The average molecular weight is 482 g/mol. The Kier molecular flexibility index (Phi) is 7.77. The summed E-state index contributed by atoms with van der Waals surface area (Å²) in [6, 6.07) is 8.05. The van der Waals surface area contributed by atoms with Gasteiger partial charge in [0.15, 0.2) is 11.8 Å². The van der Waals surface area contributed by atoms with Crippen molar-refractivity contribution < 1.29 is 8.94 Å². The van der Waals surface area contributed by atoms with Gasteiger partial charge in [-0.25, -0.2) is 9.98 Å². The molecule has 144 valence electrons. The van der Waals surface area contributed by atoms with E-state index in [0.29, 0.717) is 36.7 Å². The van der Waals surface area contributed by atoms with Gasteiger partial charge in [0.1, 0.15) is 12.0 Å². The molecule has 2 N–H and O–H groups in total. The zero-order valence-electron chi connectivity index (χ0n) is 15.5. The smallest absolute Gasteiger partial charge is 0.226 e. The number of nitrogens with zero attached hydrogens (tertiary/aromatic N) is 4. The Bertz CT molecular complexity index is 872. The van der Waals surface area contributed by atoms with Gasteiger partial charge in [-0.05, 0) is 26.0 Å². The molecule has 0 fully saturated rings. The maximum absolute atomic E-state index is 5.56. The molecule has 2 heterocycles. The molecule has 27 heavy (non-hydrogen) atoms. The van der Waals surface area contributed by atoms with E-state index in [0.717, 1.165) is 17.8 Å². The second-order valence-corrected chi connectivity index (χ2v) is 5.79. The summed E-state index contributed by atoms with van der Waals surface area (Å²) in [5.74, 6) is 2.36. The minimum atomic E-state index is 0. The van der Waals surface area contributed by atoms with Crippen molar-refractivity contribution in [1.29, 1.82) is 0 Å². The molecule has 0 saturated heterocycles. The summed E-state index contributed by atoms with van der Waals surface area (Å²) < 4.78 is 10.5. The lowest BCUT2D eigenvalue weighted by Gasteiger charge is -2.08. The summed E-state index contributed by atoms with van der Waals surface area (Å²) in [6.45, 7) is 7.37. The molecule has 9 heteroatoms. The summed E-state index contributed by atoms with van der Waals surface area (Å²) in [5.41, 5.74) is 2.90. The third-order valence-electron chi connectivity index (χ3n) is 3.58. The van der Waals surface area contributed by atoms with Gasteiger partial charge in [0, 0.05) is 19.0 Å². The third kappa shape index (κ3) is 6.05. The van der Waals surface area contributed by atoms with Crippen molar-refractivity contribution >= 4 is 29.9 Å². The maximum atomic E-state index is 5.56. The molecule has 0 aliphatic rings. The van der Waals surface area contributed by atoms with E-state index in [1.165, 1.54) is 5.56 Å². The van der Waals surface area contributed by atoms with Crippen molar-refractivity contribution in [3.8, 4) is 11.5 Å². The van der Waals surface area contributed by atoms with E-state index in [2.05, 4.69) is 30.8 Å². The Morgan fingerprint density at radius 3 is 2.56 bits per heavy atom. The first-order valence-electron chi connectivity index (χ1n) is 8.47. The van der Waals surface area contributed by atoms with Crippen LogP contribution in [-0.2, 0) is 13.1 Å². The Labute approximate surface area is 174 Å². The molecule has 3 aromatic rings. The number of guanidine groups is 1. The topological polar surface area (TPSA) is 101 Å². The summed E-state index contributed by atoms with van der Waals surface area (Å²) in [4.78, 5) is 13.2. The maximum Gasteiger partial charge on any atom is 0.226 e. The van der Waals surface area contributed by atoms with Crippen LogP contribution in [-0.4, -0.2) is 27.6 Å². The van der Waals surface area contributed by atoms with Crippen LogP contribution in [0.2, 0.25) is 0 Å². The van der Waals surface area contributed by atoms with Crippen LogP contribution in [0.15, 0.2) is 44.5 Å². The molecule has 0 aliphatic carbocycles. The van der Waals surface area contributed by atoms with Crippen molar-refractivity contribution in [1.82, 2.24) is 25.8 Å². The molecule has 0 saturated carbocycles. The molecule has 0 radical (unpaired) electrons. The molecule has 0 unspecified atom stereocenters. The van der Waals surface area contributed by atoms with Crippen LogP contribution in [0, 0.1) is 13.8 Å². The lowest BCUT2D eigenvalue weighted by molar-refractivity contribution is 0.387. The summed E-state index contributed by atoms with van der Waals surface area (Å²) >= 11 is 0. The first-order valence-corrected chi connectivity index (χ1v) is 8.47. The number of rotatable bonds is 6. The van der Waals surface area contributed by atoms with E-state index in [4.69, 9.17) is 8.94 Å². The zero-order valence-corrected chi connectivity index (χ0v) is 17.9. The highest BCUT2D eigenvalue weighted by Crippen LogP contribution is 2.19. The summed E-state index contributed by atoms with van der Waals surface area (Å²) in [7, 11) is 0. The minimum Gasteiger partial charge on any atom is -0.444 e. The van der Waals surface area contributed by atoms with Gasteiger partial charge in [0.25, 0.3) is 0 Å². The van der Waals surface area contributed by atoms with Crippen LogP contribution in [0.4, 0.5) is 0 Å². The van der Waals surface area contributed by atoms with Crippen molar-refractivity contribution in [2.45, 2.75) is 33.9 Å². The van der Waals surface area contributed by atoms with Crippen LogP contribution >= 0.6 is 24.0 Å². The quantitative estimate of drug-likeness (QED) is 0.316. The second kappa shape index (κ2) is 10.0. The number of halogens is 1. The van der Waals surface area contributed by atoms with Gasteiger partial charge in [-0.15, -0.1) is 24.0 Å². The van der Waals surface area contributed by atoms with E-state index in [-0.39, 0.29) is 24.0 Å². The molecule has 0 spiro atoms. The van der Waals surface area contributed by atoms with E-state index in [1.54, 1.807) is 13.2 Å². The van der Waals surface area contributed by atoms with Gasteiger partial charge in [-0.2, -0.15) is 4.98 Å². The van der Waals surface area contributed by atoms with Gasteiger partial charge < -0.3 is 19.6 Å². The van der Waals surface area contributed by atoms with E-state index in [9.17, 15) is 0 Å². The van der Waals surface area contributed by atoms with E-state index < -0.39 is 0 Å². The molecule has 0 bridgehead atoms. The predicted octanol–water partition coefficient (Wildman–Crippen LogP) is 3.21. The number of aliphatic imine (C=N–C) groups is 1. The van der Waals surface area contributed by atoms with Crippen LogP contribution in [0.1, 0.15) is 29.9 Å². The van der Waals surface area contributed by atoms with Gasteiger partial charge >= 0.3 is 0 Å². The van der Waals surface area contributed by atoms with Crippen LogP contribution in [0.3, 0.4) is 0 Å². The number of aromatic nitrogens is 3. The number of hydrogen-bond acceptors (Lipinski definition) is 6. The molecular weight excluding hydrogens is 459 g/mol. The molecule has 0 amide bonds. The lowest BCUT2D eigenvalue weighted by Crippen LogP contribution is -2.37. The largest absolute Gasteiger partial charge is 0.444 e. The number of hydrogen-bond donors (Lipinski definition) is 2. The first kappa shape index (κ1) is 20.9. The Hall–Kier alpha value is -2.43. The number of benzene rings is 1. The van der Waals surface area contributed by atoms with E-state index in [1.807, 2.05) is 38.1 Å². The minimum absolute atomic E-state index is 0. The molecule has 8 nitrogen and oxygen atoms in total. The molecule has 1 aromatic carbocycles. The fourth-order valence-electron chi connectivity index (χ4n) is 2.29. The average Bonchev–Trinajstić information content (AvgIpc) is 3.27. The van der Waals surface area contributed by atoms with Crippen molar-refractivity contribution in [3.63, 3.8) is 0 Å². The molecule has 2 aromatic heterocycles. The number of oxazole rings is 1. The summed E-state index contributed by atoms with van der Waals surface area (Å²) in [5, 5.41) is 10.2.